The third-order valence-electron chi connectivity index (χ3n) is 2.30. The van der Waals surface area contributed by atoms with Crippen LogP contribution >= 0.6 is 0 Å². The lowest BCUT2D eigenvalue weighted by atomic mass is 10.4. The zero-order valence-corrected chi connectivity index (χ0v) is 9.92. The molecule has 1 aliphatic carbocycles. The Balaban J connectivity index is 2.13. The van der Waals surface area contributed by atoms with Crippen LogP contribution in [0, 0.1) is 0 Å². The van der Waals surface area contributed by atoms with Crippen molar-refractivity contribution in [2.75, 3.05) is 11.9 Å². The maximum atomic E-state index is 11.8. The lowest BCUT2D eigenvalue weighted by Crippen LogP contribution is -2.25. The standard InChI is InChI=1S/C10H15N3O2S/c1-2-11-10-6-5-9(7-12-10)16(14,15)13-8-3-4-8/h5-8,13H,2-4H2,1H3,(H,11,12). The van der Waals surface area contributed by atoms with Gasteiger partial charge in [0.15, 0.2) is 0 Å². The second kappa shape index (κ2) is 4.39. The molecule has 2 N–H and O–H groups in total. The molecule has 0 unspecified atom stereocenters. The number of hydrogen-bond donors (Lipinski definition) is 2. The molecule has 1 heterocycles. The molecule has 0 spiro atoms. The van der Waals surface area contributed by atoms with Gasteiger partial charge in [-0.05, 0) is 31.9 Å². The van der Waals surface area contributed by atoms with Gasteiger partial charge in [-0.3, -0.25) is 0 Å². The van der Waals surface area contributed by atoms with Crippen LogP contribution in [0.3, 0.4) is 0 Å². The first-order valence-electron chi connectivity index (χ1n) is 5.34. The van der Waals surface area contributed by atoms with Crippen LogP contribution in [0.4, 0.5) is 5.82 Å². The van der Waals surface area contributed by atoms with Crippen LogP contribution in [0.1, 0.15) is 19.8 Å². The number of rotatable bonds is 5. The molecular weight excluding hydrogens is 226 g/mol. The summed E-state index contributed by atoms with van der Waals surface area (Å²) < 4.78 is 26.2. The smallest absolute Gasteiger partial charge is 0.242 e. The van der Waals surface area contributed by atoms with E-state index in [1.807, 2.05) is 6.92 Å². The zero-order valence-electron chi connectivity index (χ0n) is 9.10. The number of hydrogen-bond acceptors (Lipinski definition) is 4. The number of anilines is 1. The fourth-order valence-corrected chi connectivity index (χ4v) is 2.56. The van der Waals surface area contributed by atoms with Gasteiger partial charge < -0.3 is 5.32 Å². The fourth-order valence-electron chi connectivity index (χ4n) is 1.31. The highest BCUT2D eigenvalue weighted by Crippen LogP contribution is 2.22. The first-order chi connectivity index (χ1) is 7.62. The Kier molecular flexibility index (Phi) is 3.11. The Bertz CT molecular complexity index is 451. The summed E-state index contributed by atoms with van der Waals surface area (Å²) in [4.78, 5) is 4.26. The van der Waals surface area contributed by atoms with Crippen LogP contribution in [0.15, 0.2) is 23.2 Å². The van der Waals surface area contributed by atoms with Crippen molar-refractivity contribution in [3.63, 3.8) is 0 Å². The van der Waals surface area contributed by atoms with Gasteiger partial charge in [-0.1, -0.05) is 0 Å². The SMILES string of the molecule is CCNc1ccc(S(=O)(=O)NC2CC2)cn1. The zero-order chi connectivity index (χ0) is 11.6. The molecular formula is C10H15N3O2S. The van der Waals surface area contributed by atoms with Crippen LogP contribution in [0.2, 0.25) is 0 Å². The topological polar surface area (TPSA) is 71.1 Å². The van der Waals surface area contributed by atoms with E-state index in [2.05, 4.69) is 15.0 Å². The molecule has 1 fully saturated rings. The Labute approximate surface area is 95.3 Å². The van der Waals surface area contributed by atoms with Gasteiger partial charge in [0.1, 0.15) is 10.7 Å². The summed E-state index contributed by atoms with van der Waals surface area (Å²) in [5.41, 5.74) is 0. The minimum absolute atomic E-state index is 0.124. The highest BCUT2D eigenvalue weighted by molar-refractivity contribution is 7.89. The van der Waals surface area contributed by atoms with E-state index in [1.165, 1.54) is 6.20 Å². The van der Waals surface area contributed by atoms with E-state index >= 15 is 0 Å². The molecule has 0 atom stereocenters. The van der Waals surface area contributed by atoms with Gasteiger partial charge in [0.2, 0.25) is 10.0 Å². The largest absolute Gasteiger partial charge is 0.370 e. The van der Waals surface area contributed by atoms with E-state index in [0.717, 1.165) is 19.4 Å². The van der Waals surface area contributed by atoms with Gasteiger partial charge in [0.05, 0.1) is 0 Å². The predicted octanol–water partition coefficient (Wildman–Crippen LogP) is 0.954. The first kappa shape index (κ1) is 11.3. The summed E-state index contributed by atoms with van der Waals surface area (Å²) in [5, 5.41) is 3.01. The molecule has 1 aromatic rings. The summed E-state index contributed by atoms with van der Waals surface area (Å²) >= 11 is 0. The molecule has 0 aliphatic heterocycles. The quantitative estimate of drug-likeness (QED) is 0.805. The fraction of sp³-hybridized carbons (Fsp3) is 0.500. The minimum Gasteiger partial charge on any atom is -0.370 e. The Morgan fingerprint density at radius 3 is 2.69 bits per heavy atom. The second-order valence-corrected chi connectivity index (χ2v) is 5.52. The number of pyridine rings is 1. The van der Waals surface area contributed by atoms with Gasteiger partial charge in [-0.15, -0.1) is 0 Å². The molecule has 0 amide bonds. The Hall–Kier alpha value is -1.14. The molecule has 0 radical (unpaired) electrons. The van der Waals surface area contributed by atoms with Gasteiger partial charge in [-0.25, -0.2) is 18.1 Å². The molecule has 0 aromatic carbocycles. The average Bonchev–Trinajstić information content (AvgIpc) is 3.02. The van der Waals surface area contributed by atoms with E-state index < -0.39 is 10.0 Å². The molecule has 6 heteroatoms. The number of nitrogens with one attached hydrogen (secondary N) is 2. The summed E-state index contributed by atoms with van der Waals surface area (Å²) in [6, 6.07) is 3.36. The van der Waals surface area contributed by atoms with Crippen molar-refractivity contribution in [3.8, 4) is 0 Å². The van der Waals surface area contributed by atoms with Crippen LogP contribution in [-0.2, 0) is 10.0 Å². The summed E-state index contributed by atoms with van der Waals surface area (Å²) in [7, 11) is -3.37. The Morgan fingerprint density at radius 2 is 2.19 bits per heavy atom. The lowest BCUT2D eigenvalue weighted by molar-refractivity contribution is 0.580. The number of sulfonamides is 1. The monoisotopic (exact) mass is 241 g/mol. The third-order valence-corrected chi connectivity index (χ3v) is 3.81. The van der Waals surface area contributed by atoms with Crippen molar-refractivity contribution >= 4 is 15.8 Å². The second-order valence-electron chi connectivity index (χ2n) is 3.81. The molecule has 1 saturated carbocycles. The van der Waals surface area contributed by atoms with E-state index in [4.69, 9.17) is 0 Å². The van der Waals surface area contributed by atoms with E-state index in [1.54, 1.807) is 12.1 Å². The van der Waals surface area contributed by atoms with Crippen molar-refractivity contribution in [2.24, 2.45) is 0 Å². The average molecular weight is 241 g/mol. The van der Waals surface area contributed by atoms with E-state index in [0.29, 0.717) is 5.82 Å². The van der Waals surface area contributed by atoms with Crippen LogP contribution in [-0.4, -0.2) is 26.0 Å². The molecule has 2 rings (SSSR count). The Morgan fingerprint density at radius 1 is 1.44 bits per heavy atom. The van der Waals surface area contributed by atoms with Crippen molar-refractivity contribution < 1.29 is 8.42 Å². The van der Waals surface area contributed by atoms with Gasteiger partial charge in [0, 0.05) is 18.8 Å². The minimum atomic E-state index is -3.37. The van der Waals surface area contributed by atoms with E-state index in [9.17, 15) is 8.42 Å². The molecule has 0 bridgehead atoms. The molecule has 16 heavy (non-hydrogen) atoms. The van der Waals surface area contributed by atoms with Gasteiger partial charge in [0.25, 0.3) is 0 Å². The van der Waals surface area contributed by atoms with Crippen molar-refractivity contribution in [1.82, 2.24) is 9.71 Å². The van der Waals surface area contributed by atoms with E-state index in [-0.39, 0.29) is 10.9 Å². The van der Waals surface area contributed by atoms with Crippen LogP contribution < -0.4 is 10.0 Å². The molecule has 5 nitrogen and oxygen atoms in total. The normalized spacial score (nSPS) is 16.1. The lowest BCUT2D eigenvalue weighted by Gasteiger charge is -2.06. The summed E-state index contributed by atoms with van der Waals surface area (Å²) in [6.45, 7) is 2.72. The summed E-state index contributed by atoms with van der Waals surface area (Å²) in [5.74, 6) is 0.688. The number of aromatic nitrogens is 1. The van der Waals surface area contributed by atoms with Crippen LogP contribution in [0.25, 0.3) is 0 Å². The van der Waals surface area contributed by atoms with Crippen molar-refractivity contribution in [1.29, 1.82) is 0 Å². The molecule has 88 valence electrons. The third kappa shape index (κ3) is 2.70. The van der Waals surface area contributed by atoms with Gasteiger partial charge >= 0.3 is 0 Å². The highest BCUT2D eigenvalue weighted by Gasteiger charge is 2.27. The maximum absolute atomic E-state index is 11.8. The molecule has 1 aliphatic rings. The maximum Gasteiger partial charge on any atom is 0.242 e. The van der Waals surface area contributed by atoms with Crippen molar-refractivity contribution in [3.05, 3.63) is 18.3 Å². The first-order valence-corrected chi connectivity index (χ1v) is 6.82. The van der Waals surface area contributed by atoms with Crippen LogP contribution in [0.5, 0.6) is 0 Å². The molecule has 1 aromatic heterocycles. The summed E-state index contributed by atoms with van der Waals surface area (Å²) in [6.07, 6.45) is 3.24. The predicted molar refractivity (Wildman–Crippen MR) is 61.7 cm³/mol. The van der Waals surface area contributed by atoms with Crippen molar-refractivity contribution in [2.45, 2.75) is 30.7 Å². The highest BCUT2D eigenvalue weighted by atomic mass is 32.2. The van der Waals surface area contributed by atoms with Gasteiger partial charge in [-0.2, -0.15) is 0 Å². The number of nitrogens with zero attached hydrogens (tertiary/aromatic N) is 1. The molecule has 0 saturated heterocycles.